The standard InChI is InChI=1S/C18H21NO6/c1-4-23-15(20)9-8-12-6-5-7-13(10-12)19-11-14-16(21)24-18(2,3)25-17(14)22/h5-7,10-11,19H,4,8-9H2,1-3H3. The molecule has 1 aromatic carbocycles. The highest BCUT2D eigenvalue weighted by molar-refractivity contribution is 6.15. The highest BCUT2D eigenvalue weighted by atomic mass is 16.7. The Kier molecular flexibility index (Phi) is 5.80. The molecule has 7 nitrogen and oxygen atoms in total. The van der Waals surface area contributed by atoms with E-state index in [0.717, 1.165) is 5.56 Å². The first-order chi connectivity index (χ1) is 11.8. The van der Waals surface area contributed by atoms with E-state index in [2.05, 4.69) is 5.32 Å². The summed E-state index contributed by atoms with van der Waals surface area (Å²) in [6.45, 7) is 5.09. The van der Waals surface area contributed by atoms with Gasteiger partial charge < -0.3 is 19.5 Å². The van der Waals surface area contributed by atoms with Crippen LogP contribution in [0, 0.1) is 0 Å². The Morgan fingerprint density at radius 3 is 2.56 bits per heavy atom. The Balaban J connectivity index is 2.01. The second-order valence-electron chi connectivity index (χ2n) is 5.89. The number of carbonyl (C=O) groups excluding carboxylic acids is 3. The number of ether oxygens (including phenoxy) is 3. The maximum absolute atomic E-state index is 11.9. The first-order valence-corrected chi connectivity index (χ1v) is 7.98. The summed E-state index contributed by atoms with van der Waals surface area (Å²) in [5, 5.41) is 2.88. The molecule has 0 aliphatic carbocycles. The summed E-state index contributed by atoms with van der Waals surface area (Å²) in [6, 6.07) is 7.28. The number of esters is 3. The van der Waals surface area contributed by atoms with Crippen LogP contribution in [0.1, 0.15) is 32.8 Å². The minimum absolute atomic E-state index is 0.212. The number of carbonyl (C=O) groups is 3. The molecule has 25 heavy (non-hydrogen) atoms. The Bertz CT molecular complexity index is 685. The molecular formula is C18H21NO6. The van der Waals surface area contributed by atoms with Crippen molar-refractivity contribution in [2.24, 2.45) is 0 Å². The average Bonchev–Trinajstić information content (AvgIpc) is 2.52. The predicted octanol–water partition coefficient (Wildman–Crippen LogP) is 2.31. The molecule has 1 fully saturated rings. The van der Waals surface area contributed by atoms with Crippen molar-refractivity contribution in [2.75, 3.05) is 11.9 Å². The van der Waals surface area contributed by atoms with Gasteiger partial charge in [0.15, 0.2) is 5.57 Å². The molecule has 1 aromatic rings. The van der Waals surface area contributed by atoms with Gasteiger partial charge in [0, 0.05) is 32.2 Å². The maximum atomic E-state index is 11.9. The third-order valence-corrected chi connectivity index (χ3v) is 3.35. The van der Waals surface area contributed by atoms with Gasteiger partial charge in [0.2, 0.25) is 0 Å². The normalized spacial score (nSPS) is 15.9. The molecule has 1 saturated heterocycles. The maximum Gasteiger partial charge on any atom is 0.350 e. The average molecular weight is 347 g/mol. The minimum atomic E-state index is -1.27. The molecule has 0 amide bonds. The third-order valence-electron chi connectivity index (χ3n) is 3.35. The zero-order valence-electron chi connectivity index (χ0n) is 14.5. The lowest BCUT2D eigenvalue weighted by Crippen LogP contribution is -2.42. The quantitative estimate of drug-likeness (QED) is 0.480. The third kappa shape index (κ3) is 5.34. The van der Waals surface area contributed by atoms with Crippen molar-refractivity contribution in [3.63, 3.8) is 0 Å². The number of hydrogen-bond donors (Lipinski definition) is 1. The summed E-state index contributed by atoms with van der Waals surface area (Å²) in [7, 11) is 0. The molecule has 1 N–H and O–H groups in total. The van der Waals surface area contributed by atoms with Gasteiger partial charge in [-0.2, -0.15) is 0 Å². The van der Waals surface area contributed by atoms with Crippen molar-refractivity contribution in [3.8, 4) is 0 Å². The molecule has 1 aliphatic rings. The van der Waals surface area contributed by atoms with Crippen LogP contribution in [0.5, 0.6) is 0 Å². The smallest absolute Gasteiger partial charge is 0.350 e. The van der Waals surface area contributed by atoms with Crippen molar-refractivity contribution >= 4 is 23.6 Å². The van der Waals surface area contributed by atoms with Gasteiger partial charge in [0.05, 0.1) is 6.61 Å². The number of hydrogen-bond acceptors (Lipinski definition) is 7. The van der Waals surface area contributed by atoms with Crippen molar-refractivity contribution in [2.45, 2.75) is 39.4 Å². The van der Waals surface area contributed by atoms with Gasteiger partial charge in [-0.1, -0.05) is 12.1 Å². The second-order valence-corrected chi connectivity index (χ2v) is 5.89. The van der Waals surface area contributed by atoms with E-state index in [0.29, 0.717) is 18.7 Å². The SMILES string of the molecule is CCOC(=O)CCc1cccc(NC=C2C(=O)OC(C)(C)OC2=O)c1. The number of cyclic esters (lactones) is 2. The first kappa shape index (κ1) is 18.5. The van der Waals surface area contributed by atoms with E-state index >= 15 is 0 Å². The van der Waals surface area contributed by atoms with E-state index in [9.17, 15) is 14.4 Å². The molecule has 0 saturated carbocycles. The molecule has 134 valence electrons. The monoisotopic (exact) mass is 347 g/mol. The number of benzene rings is 1. The number of anilines is 1. The molecule has 0 radical (unpaired) electrons. The Morgan fingerprint density at radius 2 is 1.92 bits per heavy atom. The van der Waals surface area contributed by atoms with Gasteiger partial charge >= 0.3 is 17.9 Å². The zero-order valence-corrected chi connectivity index (χ0v) is 14.5. The molecular weight excluding hydrogens is 326 g/mol. The summed E-state index contributed by atoms with van der Waals surface area (Å²) in [6.07, 6.45) is 2.07. The molecule has 0 spiro atoms. The molecule has 1 heterocycles. The summed E-state index contributed by atoms with van der Waals surface area (Å²) in [5.74, 6) is -3.00. The van der Waals surface area contributed by atoms with Gasteiger partial charge in [-0.3, -0.25) is 4.79 Å². The van der Waals surface area contributed by atoms with Crippen LogP contribution >= 0.6 is 0 Å². The topological polar surface area (TPSA) is 90.9 Å². The fraction of sp³-hybridized carbons (Fsp3) is 0.389. The number of rotatable bonds is 6. The van der Waals surface area contributed by atoms with Crippen molar-refractivity contribution in [1.82, 2.24) is 0 Å². The molecule has 0 atom stereocenters. The van der Waals surface area contributed by atoms with Crippen molar-refractivity contribution < 1.29 is 28.6 Å². The zero-order chi connectivity index (χ0) is 18.4. The van der Waals surface area contributed by atoms with Gasteiger partial charge in [-0.15, -0.1) is 0 Å². The molecule has 1 aliphatic heterocycles. The molecule has 0 aromatic heterocycles. The van der Waals surface area contributed by atoms with Crippen LogP contribution in [-0.2, 0) is 35.0 Å². The Labute approximate surface area is 145 Å². The lowest BCUT2D eigenvalue weighted by Gasteiger charge is -2.29. The molecule has 0 unspecified atom stereocenters. The molecule has 0 bridgehead atoms. The first-order valence-electron chi connectivity index (χ1n) is 7.98. The van der Waals surface area contributed by atoms with Crippen molar-refractivity contribution in [3.05, 3.63) is 41.6 Å². The van der Waals surface area contributed by atoms with Crippen LogP contribution in [-0.4, -0.2) is 30.3 Å². The van der Waals surface area contributed by atoms with Crippen LogP contribution in [0.15, 0.2) is 36.0 Å². The van der Waals surface area contributed by atoms with Gasteiger partial charge in [-0.25, -0.2) is 9.59 Å². The van der Waals surface area contributed by atoms with Gasteiger partial charge in [0.1, 0.15) is 0 Å². The minimum Gasteiger partial charge on any atom is -0.466 e. The predicted molar refractivity (Wildman–Crippen MR) is 89.4 cm³/mol. The van der Waals surface area contributed by atoms with E-state index < -0.39 is 17.7 Å². The largest absolute Gasteiger partial charge is 0.466 e. The van der Waals surface area contributed by atoms with Crippen LogP contribution in [0.2, 0.25) is 0 Å². The van der Waals surface area contributed by atoms with E-state index in [4.69, 9.17) is 14.2 Å². The number of nitrogens with one attached hydrogen (secondary N) is 1. The van der Waals surface area contributed by atoms with E-state index in [1.54, 1.807) is 13.0 Å². The second kappa shape index (κ2) is 7.83. The van der Waals surface area contributed by atoms with Crippen LogP contribution in [0.4, 0.5) is 5.69 Å². The van der Waals surface area contributed by atoms with Gasteiger partial charge in [-0.05, 0) is 31.0 Å². The highest BCUT2D eigenvalue weighted by Gasteiger charge is 2.38. The van der Waals surface area contributed by atoms with E-state index in [1.807, 2.05) is 18.2 Å². The van der Waals surface area contributed by atoms with Crippen LogP contribution in [0.25, 0.3) is 0 Å². The van der Waals surface area contributed by atoms with E-state index in [1.165, 1.54) is 20.0 Å². The summed E-state index contributed by atoms with van der Waals surface area (Å²) in [4.78, 5) is 35.1. The fourth-order valence-electron chi connectivity index (χ4n) is 2.23. The highest BCUT2D eigenvalue weighted by Crippen LogP contribution is 2.23. The Hall–Kier alpha value is -2.83. The van der Waals surface area contributed by atoms with Crippen LogP contribution in [0.3, 0.4) is 0 Å². The fourth-order valence-corrected chi connectivity index (χ4v) is 2.23. The van der Waals surface area contributed by atoms with E-state index in [-0.39, 0.29) is 18.0 Å². The molecule has 2 rings (SSSR count). The summed E-state index contributed by atoms with van der Waals surface area (Å²) >= 11 is 0. The molecule has 7 heteroatoms. The van der Waals surface area contributed by atoms with Gasteiger partial charge in [0.25, 0.3) is 5.79 Å². The summed E-state index contributed by atoms with van der Waals surface area (Å²) < 4.78 is 14.9. The number of aryl methyl sites for hydroxylation is 1. The lowest BCUT2D eigenvalue weighted by molar-refractivity contribution is -0.222. The summed E-state index contributed by atoms with van der Waals surface area (Å²) in [5.41, 5.74) is 1.38. The lowest BCUT2D eigenvalue weighted by atomic mass is 10.1. The van der Waals surface area contributed by atoms with Crippen LogP contribution < -0.4 is 5.32 Å². The van der Waals surface area contributed by atoms with Crippen molar-refractivity contribution in [1.29, 1.82) is 0 Å². The Morgan fingerprint density at radius 1 is 1.24 bits per heavy atom.